The predicted octanol–water partition coefficient (Wildman–Crippen LogP) is 2.89. The van der Waals surface area contributed by atoms with E-state index in [4.69, 9.17) is 0 Å². The number of amides is 1. The van der Waals surface area contributed by atoms with Crippen LogP contribution in [0.15, 0.2) is 29.1 Å². The van der Waals surface area contributed by atoms with Gasteiger partial charge in [0.05, 0.1) is 17.1 Å². The van der Waals surface area contributed by atoms with Crippen LogP contribution in [0.5, 0.6) is 0 Å². The van der Waals surface area contributed by atoms with E-state index < -0.39 is 0 Å². The van der Waals surface area contributed by atoms with E-state index in [2.05, 4.69) is 15.5 Å². The molecule has 1 aromatic carbocycles. The summed E-state index contributed by atoms with van der Waals surface area (Å²) in [6, 6.07) is 6.89. The van der Waals surface area contributed by atoms with Crippen LogP contribution in [0.3, 0.4) is 0 Å². The quantitative estimate of drug-likeness (QED) is 0.737. The van der Waals surface area contributed by atoms with Gasteiger partial charge in [0.25, 0.3) is 11.5 Å². The maximum atomic E-state index is 13.1. The van der Waals surface area contributed by atoms with E-state index in [9.17, 15) is 9.59 Å². The van der Waals surface area contributed by atoms with Crippen molar-refractivity contribution in [1.82, 2.24) is 24.9 Å². The number of carbonyl (C=O) groups excluding carboxylic acids is 1. The lowest BCUT2D eigenvalue weighted by molar-refractivity contribution is 0.0934. The summed E-state index contributed by atoms with van der Waals surface area (Å²) in [7, 11) is 1.89. The van der Waals surface area contributed by atoms with Gasteiger partial charge >= 0.3 is 0 Å². The number of carbonyl (C=O) groups is 1. The Bertz CT molecular complexity index is 1090. The van der Waals surface area contributed by atoms with Crippen LogP contribution in [0.2, 0.25) is 0 Å². The molecular formula is C21H27N5O2. The van der Waals surface area contributed by atoms with Gasteiger partial charge in [0.1, 0.15) is 0 Å². The fraction of sp³-hybridized carbons (Fsp3) is 0.429. The number of fused-ring (bicyclic) bond motifs is 1. The van der Waals surface area contributed by atoms with E-state index >= 15 is 0 Å². The second-order valence-corrected chi connectivity index (χ2v) is 7.68. The maximum Gasteiger partial charge on any atom is 0.274 e. The minimum Gasteiger partial charge on any atom is -0.344 e. The van der Waals surface area contributed by atoms with Crippen molar-refractivity contribution in [3.63, 3.8) is 0 Å². The van der Waals surface area contributed by atoms with Crippen LogP contribution >= 0.6 is 0 Å². The molecule has 1 atom stereocenters. The smallest absolute Gasteiger partial charge is 0.274 e. The summed E-state index contributed by atoms with van der Waals surface area (Å²) in [5.41, 5.74) is 2.98. The second-order valence-electron chi connectivity index (χ2n) is 7.68. The van der Waals surface area contributed by atoms with Crippen molar-refractivity contribution in [2.75, 3.05) is 0 Å². The first-order valence-corrected chi connectivity index (χ1v) is 9.51. The van der Waals surface area contributed by atoms with Crippen molar-refractivity contribution in [3.05, 3.63) is 57.3 Å². The molecule has 7 nitrogen and oxygen atoms in total. The van der Waals surface area contributed by atoms with Crippen LogP contribution in [0.1, 0.15) is 54.3 Å². The molecule has 2 aromatic heterocycles. The molecule has 0 spiro atoms. The largest absolute Gasteiger partial charge is 0.344 e. The number of nitrogens with one attached hydrogen (secondary N) is 1. The summed E-state index contributed by atoms with van der Waals surface area (Å²) in [5.74, 6) is -0.0641. The molecule has 1 unspecified atom stereocenters. The van der Waals surface area contributed by atoms with E-state index in [1.165, 1.54) is 4.68 Å². The molecule has 0 bridgehead atoms. The SMILES string of the molecule is Cc1nn(C)c(C)c1C(C)NC(=O)c1nn(CC(C)C)c(=O)c2ccccc12. The van der Waals surface area contributed by atoms with E-state index in [1.54, 1.807) is 18.2 Å². The van der Waals surface area contributed by atoms with Gasteiger partial charge < -0.3 is 5.32 Å². The molecule has 1 amide bonds. The number of hydrogen-bond acceptors (Lipinski definition) is 4. The monoisotopic (exact) mass is 381 g/mol. The van der Waals surface area contributed by atoms with E-state index in [1.807, 2.05) is 52.4 Å². The summed E-state index contributed by atoms with van der Waals surface area (Å²) >= 11 is 0. The third-order valence-electron chi connectivity index (χ3n) is 4.97. The molecule has 0 aliphatic heterocycles. The highest BCUT2D eigenvalue weighted by atomic mass is 16.2. The molecule has 148 valence electrons. The summed E-state index contributed by atoms with van der Waals surface area (Å²) in [4.78, 5) is 25.8. The van der Waals surface area contributed by atoms with Crippen molar-refractivity contribution < 1.29 is 4.79 Å². The molecule has 3 aromatic rings. The van der Waals surface area contributed by atoms with Gasteiger partial charge in [-0.05, 0) is 32.8 Å². The number of nitrogens with zero attached hydrogens (tertiary/aromatic N) is 4. The Morgan fingerprint density at radius 1 is 1.11 bits per heavy atom. The highest BCUT2D eigenvalue weighted by Crippen LogP contribution is 2.22. The van der Waals surface area contributed by atoms with Gasteiger partial charge in [0.15, 0.2) is 5.69 Å². The topological polar surface area (TPSA) is 81.8 Å². The van der Waals surface area contributed by atoms with E-state index in [0.29, 0.717) is 17.3 Å². The zero-order valence-corrected chi connectivity index (χ0v) is 17.3. The average Bonchev–Trinajstić information content (AvgIpc) is 2.89. The summed E-state index contributed by atoms with van der Waals surface area (Å²) in [5, 5.41) is 12.9. The van der Waals surface area contributed by atoms with Gasteiger partial charge in [-0.1, -0.05) is 32.0 Å². The Labute approximate surface area is 164 Å². The third kappa shape index (κ3) is 3.56. The molecule has 7 heteroatoms. The van der Waals surface area contributed by atoms with Crippen molar-refractivity contribution in [2.45, 2.75) is 47.2 Å². The standard InChI is InChI=1S/C21H27N5O2/c1-12(2)11-26-21(28)17-10-8-7-9-16(17)19(24-26)20(27)22-13(3)18-14(4)23-25(6)15(18)5/h7-10,12-13H,11H2,1-6H3,(H,22,27). The van der Waals surface area contributed by atoms with Crippen LogP contribution in [-0.2, 0) is 13.6 Å². The van der Waals surface area contributed by atoms with Crippen molar-refractivity contribution >= 4 is 16.7 Å². The zero-order valence-electron chi connectivity index (χ0n) is 17.3. The van der Waals surface area contributed by atoms with Gasteiger partial charge in [0, 0.05) is 30.2 Å². The Kier molecular flexibility index (Phi) is 5.36. The lowest BCUT2D eigenvalue weighted by Crippen LogP contribution is -2.33. The number of rotatable bonds is 5. The molecule has 0 saturated heterocycles. The lowest BCUT2D eigenvalue weighted by atomic mass is 10.1. The molecule has 0 saturated carbocycles. The second kappa shape index (κ2) is 7.58. The van der Waals surface area contributed by atoms with Gasteiger partial charge in [-0.25, -0.2) is 4.68 Å². The van der Waals surface area contributed by atoms with Crippen LogP contribution in [0.4, 0.5) is 0 Å². The molecule has 0 fully saturated rings. The summed E-state index contributed by atoms with van der Waals surface area (Å²) in [6.07, 6.45) is 0. The zero-order chi connectivity index (χ0) is 20.6. The molecule has 1 N–H and O–H groups in total. The number of aryl methyl sites for hydroxylation is 2. The minimum atomic E-state index is -0.302. The van der Waals surface area contributed by atoms with Crippen LogP contribution < -0.4 is 10.9 Å². The van der Waals surface area contributed by atoms with E-state index in [-0.39, 0.29) is 29.1 Å². The van der Waals surface area contributed by atoms with Crippen LogP contribution in [-0.4, -0.2) is 25.5 Å². The first kappa shape index (κ1) is 19.8. The van der Waals surface area contributed by atoms with Gasteiger partial charge in [0.2, 0.25) is 0 Å². The summed E-state index contributed by atoms with van der Waals surface area (Å²) in [6.45, 7) is 10.3. The van der Waals surface area contributed by atoms with Crippen molar-refractivity contribution in [2.24, 2.45) is 13.0 Å². The Morgan fingerprint density at radius 2 is 1.75 bits per heavy atom. The molecule has 2 heterocycles. The Morgan fingerprint density at radius 3 is 2.32 bits per heavy atom. The van der Waals surface area contributed by atoms with Gasteiger partial charge in [-0.2, -0.15) is 10.2 Å². The van der Waals surface area contributed by atoms with Crippen molar-refractivity contribution in [3.8, 4) is 0 Å². The molecule has 0 radical (unpaired) electrons. The Balaban J connectivity index is 2.03. The average molecular weight is 381 g/mol. The number of aromatic nitrogens is 4. The first-order chi connectivity index (χ1) is 13.2. The number of benzene rings is 1. The number of hydrogen-bond donors (Lipinski definition) is 1. The maximum absolute atomic E-state index is 13.1. The van der Waals surface area contributed by atoms with Gasteiger partial charge in [-0.15, -0.1) is 0 Å². The first-order valence-electron chi connectivity index (χ1n) is 9.51. The fourth-order valence-corrected chi connectivity index (χ4v) is 3.63. The molecule has 3 rings (SSSR count). The van der Waals surface area contributed by atoms with Gasteiger partial charge in [-0.3, -0.25) is 14.3 Å². The van der Waals surface area contributed by atoms with Crippen LogP contribution in [0.25, 0.3) is 10.8 Å². The van der Waals surface area contributed by atoms with Crippen LogP contribution in [0, 0.1) is 19.8 Å². The van der Waals surface area contributed by atoms with E-state index in [0.717, 1.165) is 17.0 Å². The Hall–Kier alpha value is -2.96. The third-order valence-corrected chi connectivity index (χ3v) is 4.97. The molecule has 0 aliphatic rings. The lowest BCUT2D eigenvalue weighted by Gasteiger charge is -2.17. The van der Waals surface area contributed by atoms with Crippen molar-refractivity contribution in [1.29, 1.82) is 0 Å². The minimum absolute atomic E-state index is 0.173. The molecule has 0 aliphatic carbocycles. The normalized spacial score (nSPS) is 12.5. The highest BCUT2D eigenvalue weighted by Gasteiger charge is 2.22. The molecular weight excluding hydrogens is 354 g/mol. The highest BCUT2D eigenvalue weighted by molar-refractivity contribution is 6.04. The fourth-order valence-electron chi connectivity index (χ4n) is 3.63. The molecule has 28 heavy (non-hydrogen) atoms. The predicted molar refractivity (Wildman–Crippen MR) is 109 cm³/mol. The summed E-state index contributed by atoms with van der Waals surface area (Å²) < 4.78 is 3.21.